The summed E-state index contributed by atoms with van der Waals surface area (Å²) in [6, 6.07) is 15.9. The third-order valence-corrected chi connectivity index (χ3v) is 7.27. The Balaban J connectivity index is 1.23. The van der Waals surface area contributed by atoms with Gasteiger partial charge in [-0.1, -0.05) is 38.1 Å². The maximum Gasteiger partial charge on any atom is 0.324 e. The van der Waals surface area contributed by atoms with Crippen molar-refractivity contribution in [3.8, 4) is 0 Å². The van der Waals surface area contributed by atoms with E-state index in [9.17, 15) is 9.59 Å². The molecule has 13 nitrogen and oxygen atoms in total. The van der Waals surface area contributed by atoms with Crippen LogP contribution in [0.1, 0.15) is 44.6 Å². The first-order valence-corrected chi connectivity index (χ1v) is 14.2. The summed E-state index contributed by atoms with van der Waals surface area (Å²) in [6.45, 7) is 10.5. The number of amides is 3. The van der Waals surface area contributed by atoms with Crippen LogP contribution >= 0.6 is 0 Å². The number of rotatable bonds is 7. The Kier molecular flexibility index (Phi) is 8.47. The fourth-order valence-corrected chi connectivity index (χ4v) is 4.74. The smallest absolute Gasteiger partial charge is 0.324 e. The van der Waals surface area contributed by atoms with Gasteiger partial charge in [0.2, 0.25) is 5.91 Å². The number of piperazine rings is 1. The molecule has 1 fully saturated rings. The molecular formula is C31H36N10O3. The largest absolute Gasteiger partial charge is 0.383 e. The second-order valence-electron chi connectivity index (χ2n) is 11.5. The molecule has 0 unspecified atom stereocenters. The number of anilines is 6. The Labute approximate surface area is 255 Å². The second-order valence-corrected chi connectivity index (χ2v) is 11.5. The van der Waals surface area contributed by atoms with Crippen molar-refractivity contribution >= 4 is 52.2 Å². The van der Waals surface area contributed by atoms with Gasteiger partial charge in [-0.2, -0.15) is 0 Å². The van der Waals surface area contributed by atoms with Crippen LogP contribution in [0.3, 0.4) is 0 Å². The fraction of sp³-hybridized carbons (Fsp3) is 0.290. The molecular weight excluding hydrogens is 560 g/mol. The first-order valence-electron chi connectivity index (χ1n) is 14.2. The summed E-state index contributed by atoms with van der Waals surface area (Å²) >= 11 is 0. The van der Waals surface area contributed by atoms with E-state index in [0.29, 0.717) is 53.0 Å². The molecule has 3 amide bonds. The molecule has 0 atom stereocenters. The predicted octanol–water partition coefficient (Wildman–Crippen LogP) is 4.82. The van der Waals surface area contributed by atoms with Gasteiger partial charge >= 0.3 is 6.03 Å². The molecule has 0 saturated carbocycles. The van der Waals surface area contributed by atoms with Crippen LogP contribution in [0.2, 0.25) is 0 Å². The van der Waals surface area contributed by atoms with Gasteiger partial charge in [-0.25, -0.2) is 14.8 Å². The molecule has 5 rings (SSSR count). The van der Waals surface area contributed by atoms with E-state index in [-0.39, 0.29) is 22.9 Å². The molecule has 0 aliphatic carbocycles. The topological polar surface area (TPSA) is 178 Å². The van der Waals surface area contributed by atoms with Crippen LogP contribution in [-0.2, 0) is 10.2 Å². The number of nitrogens with one attached hydrogen (secondary N) is 4. The molecule has 2 aromatic carbocycles. The number of nitrogens with two attached hydrogens (primary N) is 1. The summed E-state index contributed by atoms with van der Waals surface area (Å²) in [5.74, 6) is 1.64. The van der Waals surface area contributed by atoms with Crippen molar-refractivity contribution in [2.24, 2.45) is 0 Å². The average Bonchev–Trinajstić information content (AvgIpc) is 3.47. The monoisotopic (exact) mass is 596 g/mol. The lowest BCUT2D eigenvalue weighted by molar-refractivity contribution is -0.129. The zero-order chi connectivity index (χ0) is 31.4. The van der Waals surface area contributed by atoms with Crippen LogP contribution in [0.5, 0.6) is 0 Å². The van der Waals surface area contributed by atoms with Gasteiger partial charge in [0, 0.05) is 67.2 Å². The lowest BCUT2D eigenvalue weighted by atomic mass is 9.93. The molecule has 1 aliphatic heterocycles. The molecule has 4 aromatic rings. The average molecular weight is 597 g/mol. The minimum absolute atomic E-state index is 0.0921. The molecule has 3 heterocycles. The number of nitrogen functional groups attached to an aromatic ring is 1. The molecule has 228 valence electrons. The Hall–Kier alpha value is -5.46. The zero-order valence-corrected chi connectivity index (χ0v) is 25.1. The summed E-state index contributed by atoms with van der Waals surface area (Å²) < 4.78 is 5.31. The molecule has 2 aromatic heterocycles. The molecule has 13 heteroatoms. The Morgan fingerprint density at radius 2 is 1.59 bits per heavy atom. The van der Waals surface area contributed by atoms with Crippen molar-refractivity contribution < 1.29 is 14.1 Å². The third-order valence-electron chi connectivity index (χ3n) is 7.27. The van der Waals surface area contributed by atoms with Crippen LogP contribution in [0.25, 0.3) is 0 Å². The van der Waals surface area contributed by atoms with Crippen LogP contribution in [0.4, 0.5) is 39.3 Å². The SMILES string of the molecule is CC(=O)N1CCN(c2ccc(C(=N)c3c(N)ncnc3Nc3ccc(NC(=O)Nc4cc(C(C)(C)C)on4)cc3)cc2)CC1. The predicted molar refractivity (Wildman–Crippen MR) is 171 cm³/mol. The van der Waals surface area contributed by atoms with Gasteiger partial charge in [-0.3, -0.25) is 15.5 Å². The highest BCUT2D eigenvalue weighted by molar-refractivity contribution is 6.16. The molecule has 1 saturated heterocycles. The molecule has 0 spiro atoms. The van der Waals surface area contributed by atoms with Crippen LogP contribution < -0.4 is 26.6 Å². The van der Waals surface area contributed by atoms with E-state index in [2.05, 4.69) is 36.0 Å². The van der Waals surface area contributed by atoms with E-state index in [1.165, 1.54) is 6.33 Å². The van der Waals surface area contributed by atoms with Gasteiger partial charge in [-0.15, -0.1) is 0 Å². The molecule has 6 N–H and O–H groups in total. The van der Waals surface area contributed by atoms with Gasteiger partial charge in [0.1, 0.15) is 23.7 Å². The molecule has 0 bridgehead atoms. The van der Waals surface area contributed by atoms with Crippen molar-refractivity contribution in [1.29, 1.82) is 5.41 Å². The van der Waals surface area contributed by atoms with E-state index in [1.54, 1.807) is 37.3 Å². The molecule has 1 aliphatic rings. The summed E-state index contributed by atoms with van der Waals surface area (Å²) in [5.41, 5.74) is 9.48. The Morgan fingerprint density at radius 1 is 0.932 bits per heavy atom. The molecule has 44 heavy (non-hydrogen) atoms. The van der Waals surface area contributed by atoms with Gasteiger partial charge in [0.25, 0.3) is 0 Å². The highest BCUT2D eigenvalue weighted by atomic mass is 16.5. The Bertz CT molecular complexity index is 1650. The number of carbonyl (C=O) groups excluding carboxylic acids is 2. The highest BCUT2D eigenvalue weighted by Gasteiger charge is 2.22. The van der Waals surface area contributed by atoms with Crippen molar-refractivity contribution in [3.63, 3.8) is 0 Å². The van der Waals surface area contributed by atoms with E-state index in [0.717, 1.165) is 18.8 Å². The standard InChI is InChI=1S/C31H36N10O3/c1-19(42)40-13-15-41(16-14-40)23-11-5-20(6-12-23)27(32)26-28(33)34-18-35-29(26)36-21-7-9-22(10-8-21)37-30(43)38-25-17-24(44-39-25)31(2,3)4/h5-12,17-18,32H,13-16H2,1-4H3,(H3,33,34,35,36)(H2,37,38,39,43). The third kappa shape index (κ3) is 6.94. The van der Waals surface area contributed by atoms with Gasteiger partial charge in [0.15, 0.2) is 5.82 Å². The maximum atomic E-state index is 12.5. The quantitative estimate of drug-likeness (QED) is 0.187. The van der Waals surface area contributed by atoms with Crippen LogP contribution in [0, 0.1) is 5.41 Å². The lowest BCUT2D eigenvalue weighted by Crippen LogP contribution is -2.48. The van der Waals surface area contributed by atoms with Crippen LogP contribution in [-0.4, -0.2) is 63.9 Å². The second kappa shape index (κ2) is 12.4. The number of nitrogens with zero attached hydrogens (tertiary/aromatic N) is 5. The molecule has 0 radical (unpaired) electrons. The summed E-state index contributed by atoms with van der Waals surface area (Å²) in [5, 5.41) is 21.5. The van der Waals surface area contributed by atoms with Crippen LogP contribution in [0.15, 0.2) is 65.4 Å². The van der Waals surface area contributed by atoms with Gasteiger partial charge in [0.05, 0.1) is 11.3 Å². The minimum atomic E-state index is -0.455. The van der Waals surface area contributed by atoms with Gasteiger partial charge < -0.3 is 30.7 Å². The zero-order valence-electron chi connectivity index (χ0n) is 25.1. The van der Waals surface area contributed by atoms with E-state index < -0.39 is 6.03 Å². The first kappa shape index (κ1) is 30.0. The number of carbonyl (C=O) groups is 2. The van der Waals surface area contributed by atoms with Crippen molar-refractivity contribution in [2.45, 2.75) is 33.1 Å². The van der Waals surface area contributed by atoms with Crippen molar-refractivity contribution in [3.05, 3.63) is 77.8 Å². The normalized spacial score (nSPS) is 13.4. The van der Waals surface area contributed by atoms with Crippen molar-refractivity contribution in [2.75, 3.05) is 52.8 Å². The van der Waals surface area contributed by atoms with Crippen molar-refractivity contribution in [1.82, 2.24) is 20.0 Å². The fourth-order valence-electron chi connectivity index (χ4n) is 4.74. The first-order chi connectivity index (χ1) is 21.0. The number of aromatic nitrogens is 3. The Morgan fingerprint density at radius 3 is 2.20 bits per heavy atom. The number of benzene rings is 2. The number of hydrogen-bond donors (Lipinski definition) is 5. The highest BCUT2D eigenvalue weighted by Crippen LogP contribution is 2.27. The van der Waals surface area contributed by atoms with E-state index in [4.69, 9.17) is 15.7 Å². The summed E-state index contributed by atoms with van der Waals surface area (Å²) in [4.78, 5) is 36.6. The van der Waals surface area contributed by atoms with Gasteiger partial charge in [-0.05, 0) is 36.4 Å². The number of urea groups is 1. The van der Waals surface area contributed by atoms with E-state index in [1.807, 2.05) is 49.9 Å². The summed E-state index contributed by atoms with van der Waals surface area (Å²) in [7, 11) is 0. The maximum absolute atomic E-state index is 12.5. The summed E-state index contributed by atoms with van der Waals surface area (Å²) in [6.07, 6.45) is 1.34. The lowest BCUT2D eigenvalue weighted by Gasteiger charge is -2.35. The minimum Gasteiger partial charge on any atom is -0.383 e. The van der Waals surface area contributed by atoms with E-state index >= 15 is 0 Å². The number of hydrogen-bond acceptors (Lipinski definition) is 10.